The van der Waals surface area contributed by atoms with Crippen LogP contribution in [-0.2, 0) is 0 Å². The molecule has 1 amide bonds. The van der Waals surface area contributed by atoms with Crippen LogP contribution in [0, 0.1) is 13.8 Å². The van der Waals surface area contributed by atoms with Crippen molar-refractivity contribution in [3.63, 3.8) is 0 Å². The predicted octanol–water partition coefficient (Wildman–Crippen LogP) is 4.91. The Morgan fingerprint density at radius 2 is 1.88 bits per heavy atom. The quantitative estimate of drug-likeness (QED) is 0.493. The zero-order valence-corrected chi connectivity index (χ0v) is 18.4. The smallest absolute Gasteiger partial charge is 0.256 e. The van der Waals surface area contributed by atoms with Crippen LogP contribution < -0.4 is 14.8 Å². The molecular formula is C24H24N4O4. The summed E-state index contributed by atoms with van der Waals surface area (Å²) in [6, 6.07) is 9.18. The summed E-state index contributed by atoms with van der Waals surface area (Å²) in [6.07, 6.45) is 1.69. The molecule has 0 saturated carbocycles. The molecule has 32 heavy (non-hydrogen) atoms. The van der Waals surface area contributed by atoms with Gasteiger partial charge in [0.15, 0.2) is 17.1 Å². The summed E-state index contributed by atoms with van der Waals surface area (Å²) in [4.78, 5) is 18.2. The Kier molecular flexibility index (Phi) is 4.84. The number of hydrogen-bond donors (Lipinski definition) is 1. The van der Waals surface area contributed by atoms with Crippen molar-refractivity contribution in [1.29, 1.82) is 0 Å². The number of aryl methyl sites for hydroxylation is 2. The maximum atomic E-state index is 13.4. The molecule has 1 aliphatic heterocycles. The number of pyridine rings is 1. The van der Waals surface area contributed by atoms with E-state index in [9.17, 15) is 4.79 Å². The number of furan rings is 1. The predicted molar refractivity (Wildman–Crippen MR) is 120 cm³/mol. The van der Waals surface area contributed by atoms with Gasteiger partial charge in [-0.15, -0.1) is 0 Å². The number of benzene rings is 1. The second kappa shape index (κ2) is 7.71. The lowest BCUT2D eigenvalue weighted by Crippen LogP contribution is -2.16. The van der Waals surface area contributed by atoms with Crippen LogP contribution in [0.1, 0.15) is 41.8 Å². The van der Waals surface area contributed by atoms with Gasteiger partial charge in [0.25, 0.3) is 5.91 Å². The third-order valence-electron chi connectivity index (χ3n) is 5.42. The molecule has 164 valence electrons. The Balaban J connectivity index is 1.59. The molecule has 0 spiro atoms. The van der Waals surface area contributed by atoms with Gasteiger partial charge in [-0.2, -0.15) is 5.10 Å². The van der Waals surface area contributed by atoms with Crippen molar-refractivity contribution in [2.24, 2.45) is 0 Å². The molecule has 8 nitrogen and oxygen atoms in total. The summed E-state index contributed by atoms with van der Waals surface area (Å²) in [5.74, 6) is 2.58. The number of ether oxygens (including phenoxy) is 2. The summed E-state index contributed by atoms with van der Waals surface area (Å²) in [6.45, 7) is 8.84. The SMILES string of the molecule is Cc1cc(-c2cc(C(=O)Nc3ccc4c(c3)OCCO4)c3cnn(C(C)C)c3n2)c(C)o1. The highest BCUT2D eigenvalue weighted by Crippen LogP contribution is 2.34. The maximum Gasteiger partial charge on any atom is 0.256 e. The van der Waals surface area contributed by atoms with Gasteiger partial charge in [0.05, 0.1) is 22.8 Å². The van der Waals surface area contributed by atoms with E-state index in [-0.39, 0.29) is 11.9 Å². The second-order valence-electron chi connectivity index (χ2n) is 8.11. The van der Waals surface area contributed by atoms with Crippen LogP contribution in [0.2, 0.25) is 0 Å². The van der Waals surface area contributed by atoms with Crippen molar-refractivity contribution < 1.29 is 18.7 Å². The number of carbonyl (C=O) groups is 1. The van der Waals surface area contributed by atoms with Gasteiger partial charge in [0.2, 0.25) is 0 Å². The maximum absolute atomic E-state index is 13.4. The standard InChI is InChI=1S/C24H24N4O4/c1-13(2)28-23-19(12-25-28)18(11-20(27-23)17-9-14(3)32-15(17)4)24(29)26-16-5-6-21-22(10-16)31-8-7-30-21/h5-6,9-13H,7-8H2,1-4H3,(H,26,29). The van der Waals surface area contributed by atoms with Crippen molar-refractivity contribution >= 4 is 22.6 Å². The highest BCUT2D eigenvalue weighted by molar-refractivity contribution is 6.12. The number of amides is 1. The molecule has 0 saturated heterocycles. The Hall–Kier alpha value is -3.81. The molecule has 4 aromatic rings. The van der Waals surface area contributed by atoms with Gasteiger partial charge in [-0.3, -0.25) is 4.79 Å². The summed E-state index contributed by atoms with van der Waals surface area (Å²) in [7, 11) is 0. The molecule has 0 radical (unpaired) electrons. The number of hydrogen-bond acceptors (Lipinski definition) is 6. The van der Waals surface area contributed by atoms with E-state index in [0.29, 0.717) is 52.7 Å². The minimum absolute atomic E-state index is 0.0936. The van der Waals surface area contributed by atoms with Gasteiger partial charge >= 0.3 is 0 Å². The zero-order chi connectivity index (χ0) is 22.4. The molecule has 4 heterocycles. The van der Waals surface area contributed by atoms with E-state index in [1.54, 1.807) is 30.5 Å². The Morgan fingerprint density at radius 1 is 1.09 bits per heavy atom. The van der Waals surface area contributed by atoms with Crippen molar-refractivity contribution in [1.82, 2.24) is 14.8 Å². The van der Waals surface area contributed by atoms with E-state index in [2.05, 4.69) is 10.4 Å². The molecule has 1 N–H and O–H groups in total. The molecule has 3 aromatic heterocycles. The van der Waals surface area contributed by atoms with Gasteiger partial charge in [-0.1, -0.05) is 0 Å². The topological polar surface area (TPSA) is 91.4 Å². The zero-order valence-electron chi connectivity index (χ0n) is 18.4. The number of carbonyl (C=O) groups excluding carboxylic acids is 1. The van der Waals surface area contributed by atoms with E-state index in [1.807, 2.05) is 38.4 Å². The molecule has 0 fully saturated rings. The average molecular weight is 432 g/mol. The van der Waals surface area contributed by atoms with Crippen LogP contribution in [0.4, 0.5) is 5.69 Å². The Labute approximate surface area is 185 Å². The summed E-state index contributed by atoms with van der Waals surface area (Å²) >= 11 is 0. The number of nitrogens with one attached hydrogen (secondary N) is 1. The van der Waals surface area contributed by atoms with Crippen molar-refractivity contribution in [3.05, 3.63) is 53.6 Å². The number of rotatable bonds is 4. The van der Waals surface area contributed by atoms with Crippen LogP contribution in [0.5, 0.6) is 11.5 Å². The summed E-state index contributed by atoms with van der Waals surface area (Å²) < 4.78 is 18.7. The first-order chi connectivity index (χ1) is 15.4. The highest BCUT2D eigenvalue weighted by Gasteiger charge is 2.21. The minimum Gasteiger partial charge on any atom is -0.486 e. The van der Waals surface area contributed by atoms with E-state index < -0.39 is 0 Å². The molecule has 0 aliphatic carbocycles. The van der Waals surface area contributed by atoms with Gasteiger partial charge in [0, 0.05) is 23.4 Å². The monoisotopic (exact) mass is 432 g/mol. The summed E-state index contributed by atoms with van der Waals surface area (Å²) in [5, 5.41) is 8.14. The van der Waals surface area contributed by atoms with E-state index in [4.69, 9.17) is 18.9 Å². The fourth-order valence-electron chi connectivity index (χ4n) is 3.93. The van der Waals surface area contributed by atoms with Crippen molar-refractivity contribution in [3.8, 4) is 22.8 Å². The van der Waals surface area contributed by atoms with Crippen molar-refractivity contribution in [2.75, 3.05) is 18.5 Å². The molecule has 0 atom stereocenters. The first-order valence-corrected chi connectivity index (χ1v) is 10.6. The van der Waals surface area contributed by atoms with Crippen LogP contribution in [0.15, 0.2) is 40.9 Å². The number of anilines is 1. The third-order valence-corrected chi connectivity index (χ3v) is 5.42. The number of aromatic nitrogens is 3. The fraction of sp³-hybridized carbons (Fsp3) is 0.292. The van der Waals surface area contributed by atoms with E-state index in [1.165, 1.54) is 0 Å². The first kappa shape index (κ1) is 20.1. The molecule has 1 aliphatic rings. The number of fused-ring (bicyclic) bond motifs is 2. The molecule has 1 aromatic carbocycles. The Morgan fingerprint density at radius 3 is 2.59 bits per heavy atom. The van der Waals surface area contributed by atoms with Gasteiger partial charge < -0.3 is 19.2 Å². The van der Waals surface area contributed by atoms with Crippen LogP contribution in [0.3, 0.4) is 0 Å². The third kappa shape index (κ3) is 3.47. The lowest BCUT2D eigenvalue weighted by atomic mass is 10.1. The van der Waals surface area contributed by atoms with Gasteiger partial charge in [0.1, 0.15) is 24.7 Å². The first-order valence-electron chi connectivity index (χ1n) is 10.6. The van der Waals surface area contributed by atoms with Crippen LogP contribution in [-0.4, -0.2) is 33.9 Å². The second-order valence-corrected chi connectivity index (χ2v) is 8.11. The highest BCUT2D eigenvalue weighted by atomic mass is 16.6. The molecule has 5 rings (SSSR count). The van der Waals surface area contributed by atoms with Crippen LogP contribution >= 0.6 is 0 Å². The van der Waals surface area contributed by atoms with Crippen LogP contribution in [0.25, 0.3) is 22.3 Å². The normalized spacial score (nSPS) is 13.0. The van der Waals surface area contributed by atoms with Gasteiger partial charge in [-0.25, -0.2) is 9.67 Å². The molecule has 0 unspecified atom stereocenters. The molecule has 0 bridgehead atoms. The van der Waals surface area contributed by atoms with Gasteiger partial charge in [-0.05, 0) is 52.0 Å². The molecular weight excluding hydrogens is 408 g/mol. The summed E-state index contributed by atoms with van der Waals surface area (Å²) in [5.41, 5.74) is 3.29. The van der Waals surface area contributed by atoms with E-state index >= 15 is 0 Å². The van der Waals surface area contributed by atoms with Crippen molar-refractivity contribution in [2.45, 2.75) is 33.7 Å². The minimum atomic E-state index is -0.253. The molecule has 8 heteroatoms. The average Bonchev–Trinajstić information content (AvgIpc) is 3.35. The lowest BCUT2D eigenvalue weighted by molar-refractivity contribution is 0.102. The van der Waals surface area contributed by atoms with E-state index in [0.717, 1.165) is 17.1 Å². The Bertz CT molecular complexity index is 1340. The fourth-order valence-corrected chi connectivity index (χ4v) is 3.93. The lowest BCUT2D eigenvalue weighted by Gasteiger charge is -2.19. The largest absolute Gasteiger partial charge is 0.486 e. The number of nitrogens with zero attached hydrogens (tertiary/aromatic N) is 3.